The molecule has 4 nitrogen and oxygen atoms in total. The number of nitrogens with one attached hydrogen (secondary N) is 1. The van der Waals surface area contributed by atoms with Crippen LogP contribution in [0.3, 0.4) is 0 Å². The molecule has 3 rings (SSSR count). The summed E-state index contributed by atoms with van der Waals surface area (Å²) in [6.45, 7) is 1.82. The summed E-state index contributed by atoms with van der Waals surface area (Å²) >= 11 is 0. The minimum Gasteiger partial charge on any atom is -0.473 e. The SMILES string of the molecule is Fc1ccc(-c2cc(OC3CCNC3)ncn2)cc1. The number of benzene rings is 1. The lowest BCUT2D eigenvalue weighted by Crippen LogP contribution is -2.20. The first-order chi connectivity index (χ1) is 9.31. The largest absolute Gasteiger partial charge is 0.473 e. The Morgan fingerprint density at radius 1 is 1.21 bits per heavy atom. The number of halogens is 1. The molecule has 1 N–H and O–H groups in total. The van der Waals surface area contributed by atoms with Gasteiger partial charge in [-0.05, 0) is 37.2 Å². The average Bonchev–Trinajstić information content (AvgIpc) is 2.93. The zero-order valence-corrected chi connectivity index (χ0v) is 10.3. The van der Waals surface area contributed by atoms with Crippen molar-refractivity contribution < 1.29 is 9.13 Å². The highest BCUT2D eigenvalue weighted by molar-refractivity contribution is 5.59. The van der Waals surface area contributed by atoms with E-state index in [0.29, 0.717) is 5.88 Å². The lowest BCUT2D eigenvalue weighted by molar-refractivity contribution is 0.214. The van der Waals surface area contributed by atoms with E-state index in [4.69, 9.17) is 4.74 Å². The van der Waals surface area contributed by atoms with Crippen LogP contribution < -0.4 is 10.1 Å². The van der Waals surface area contributed by atoms with Gasteiger partial charge in [0.05, 0.1) is 5.69 Å². The molecule has 0 spiro atoms. The van der Waals surface area contributed by atoms with Crippen LogP contribution in [0.5, 0.6) is 5.88 Å². The Morgan fingerprint density at radius 2 is 2.05 bits per heavy atom. The van der Waals surface area contributed by atoms with Gasteiger partial charge in [-0.25, -0.2) is 14.4 Å². The fourth-order valence-electron chi connectivity index (χ4n) is 2.08. The average molecular weight is 259 g/mol. The molecule has 1 aliphatic rings. The van der Waals surface area contributed by atoms with Crippen molar-refractivity contribution in [1.82, 2.24) is 15.3 Å². The molecule has 2 heterocycles. The van der Waals surface area contributed by atoms with Gasteiger partial charge in [0.15, 0.2) is 0 Å². The molecule has 2 aromatic rings. The molecule has 1 saturated heterocycles. The van der Waals surface area contributed by atoms with Crippen molar-refractivity contribution in [2.24, 2.45) is 0 Å². The van der Waals surface area contributed by atoms with Crippen LogP contribution in [0.25, 0.3) is 11.3 Å². The number of hydrogen-bond acceptors (Lipinski definition) is 4. The maximum absolute atomic E-state index is 12.9. The topological polar surface area (TPSA) is 47.0 Å². The van der Waals surface area contributed by atoms with Crippen molar-refractivity contribution in [2.45, 2.75) is 12.5 Å². The molecule has 98 valence electrons. The predicted molar refractivity (Wildman–Crippen MR) is 69.3 cm³/mol. The molecular formula is C14H14FN3O. The molecule has 0 bridgehead atoms. The fourth-order valence-corrected chi connectivity index (χ4v) is 2.08. The second kappa shape index (κ2) is 5.32. The molecule has 1 unspecified atom stereocenters. The third-order valence-electron chi connectivity index (χ3n) is 3.08. The first-order valence-electron chi connectivity index (χ1n) is 6.26. The van der Waals surface area contributed by atoms with Gasteiger partial charge in [-0.3, -0.25) is 0 Å². The van der Waals surface area contributed by atoms with Gasteiger partial charge in [0.1, 0.15) is 18.2 Å². The summed E-state index contributed by atoms with van der Waals surface area (Å²) in [4.78, 5) is 8.30. The van der Waals surface area contributed by atoms with Crippen molar-refractivity contribution in [3.05, 3.63) is 42.5 Å². The van der Waals surface area contributed by atoms with Crippen LogP contribution in [0.1, 0.15) is 6.42 Å². The maximum Gasteiger partial charge on any atom is 0.217 e. The highest BCUT2D eigenvalue weighted by Gasteiger charge is 2.16. The highest BCUT2D eigenvalue weighted by Crippen LogP contribution is 2.21. The lowest BCUT2D eigenvalue weighted by Gasteiger charge is -2.11. The Hall–Kier alpha value is -2.01. The Balaban J connectivity index is 1.80. The summed E-state index contributed by atoms with van der Waals surface area (Å²) in [6.07, 6.45) is 2.61. The van der Waals surface area contributed by atoms with E-state index in [1.807, 2.05) is 0 Å². The number of hydrogen-bond donors (Lipinski definition) is 1. The zero-order chi connectivity index (χ0) is 13.1. The van der Waals surface area contributed by atoms with E-state index in [1.165, 1.54) is 18.5 Å². The zero-order valence-electron chi connectivity index (χ0n) is 10.3. The van der Waals surface area contributed by atoms with Gasteiger partial charge >= 0.3 is 0 Å². The summed E-state index contributed by atoms with van der Waals surface area (Å²) in [5.41, 5.74) is 1.58. The van der Waals surface area contributed by atoms with E-state index >= 15 is 0 Å². The van der Waals surface area contributed by atoms with Gasteiger partial charge in [0.2, 0.25) is 5.88 Å². The second-order valence-electron chi connectivity index (χ2n) is 4.48. The summed E-state index contributed by atoms with van der Waals surface area (Å²) in [5.74, 6) is 0.300. The smallest absolute Gasteiger partial charge is 0.217 e. The Kier molecular flexibility index (Phi) is 3.37. The fraction of sp³-hybridized carbons (Fsp3) is 0.286. The molecule has 1 atom stereocenters. The standard InChI is InChI=1S/C14H14FN3O/c15-11-3-1-10(2-4-11)13-7-14(18-9-17-13)19-12-5-6-16-8-12/h1-4,7,9,12,16H,5-6,8H2. The molecular weight excluding hydrogens is 245 g/mol. The van der Waals surface area contributed by atoms with Crippen LogP contribution in [0.4, 0.5) is 4.39 Å². The minimum absolute atomic E-state index is 0.163. The minimum atomic E-state index is -0.258. The number of nitrogens with zero attached hydrogens (tertiary/aromatic N) is 2. The van der Waals surface area contributed by atoms with Crippen molar-refractivity contribution in [2.75, 3.05) is 13.1 Å². The molecule has 1 aromatic carbocycles. The summed E-state index contributed by atoms with van der Waals surface area (Å²) in [5, 5.41) is 3.24. The number of ether oxygens (including phenoxy) is 1. The Labute approximate surface area is 110 Å². The van der Waals surface area contributed by atoms with Crippen molar-refractivity contribution in [3.63, 3.8) is 0 Å². The number of aromatic nitrogens is 2. The summed E-state index contributed by atoms with van der Waals surface area (Å²) in [6, 6.07) is 8.00. The molecule has 5 heteroatoms. The van der Waals surface area contributed by atoms with Crippen molar-refractivity contribution in [3.8, 4) is 17.1 Å². The van der Waals surface area contributed by atoms with Crippen LogP contribution in [0.15, 0.2) is 36.7 Å². The summed E-state index contributed by atoms with van der Waals surface area (Å²) in [7, 11) is 0. The van der Waals surface area contributed by atoms with Crippen LogP contribution in [0.2, 0.25) is 0 Å². The van der Waals surface area contributed by atoms with Crippen LogP contribution >= 0.6 is 0 Å². The summed E-state index contributed by atoms with van der Waals surface area (Å²) < 4.78 is 18.7. The molecule has 0 radical (unpaired) electrons. The van der Waals surface area contributed by atoms with Gasteiger partial charge < -0.3 is 10.1 Å². The quantitative estimate of drug-likeness (QED) is 0.916. The first-order valence-corrected chi connectivity index (χ1v) is 6.26. The van der Waals surface area contributed by atoms with Gasteiger partial charge in [0.25, 0.3) is 0 Å². The highest BCUT2D eigenvalue weighted by atomic mass is 19.1. The molecule has 0 aliphatic carbocycles. The molecule has 0 saturated carbocycles. The van der Waals surface area contributed by atoms with E-state index in [2.05, 4.69) is 15.3 Å². The van der Waals surface area contributed by atoms with E-state index in [9.17, 15) is 4.39 Å². The van der Waals surface area contributed by atoms with Crippen LogP contribution in [-0.2, 0) is 0 Å². The van der Waals surface area contributed by atoms with Crippen molar-refractivity contribution in [1.29, 1.82) is 0 Å². The predicted octanol–water partition coefficient (Wildman–Crippen LogP) is 2.02. The Morgan fingerprint density at radius 3 is 2.79 bits per heavy atom. The van der Waals surface area contributed by atoms with Crippen LogP contribution in [0, 0.1) is 5.82 Å². The lowest BCUT2D eigenvalue weighted by atomic mass is 10.1. The third kappa shape index (κ3) is 2.88. The molecule has 1 aromatic heterocycles. The second-order valence-corrected chi connectivity index (χ2v) is 4.48. The van der Waals surface area contributed by atoms with Crippen LogP contribution in [-0.4, -0.2) is 29.2 Å². The van der Waals surface area contributed by atoms with E-state index < -0.39 is 0 Å². The first kappa shape index (κ1) is 12.0. The molecule has 1 fully saturated rings. The van der Waals surface area contributed by atoms with Crippen molar-refractivity contribution >= 4 is 0 Å². The van der Waals surface area contributed by atoms with E-state index in [-0.39, 0.29) is 11.9 Å². The van der Waals surface area contributed by atoms with Gasteiger partial charge in [0, 0.05) is 18.2 Å². The van der Waals surface area contributed by atoms with Gasteiger partial charge in [-0.2, -0.15) is 0 Å². The van der Waals surface area contributed by atoms with Gasteiger partial charge in [-0.15, -0.1) is 0 Å². The van der Waals surface area contributed by atoms with E-state index in [0.717, 1.165) is 30.8 Å². The normalized spacial score (nSPS) is 18.5. The molecule has 19 heavy (non-hydrogen) atoms. The third-order valence-corrected chi connectivity index (χ3v) is 3.08. The monoisotopic (exact) mass is 259 g/mol. The molecule has 1 aliphatic heterocycles. The molecule has 0 amide bonds. The maximum atomic E-state index is 12.9. The van der Waals surface area contributed by atoms with E-state index in [1.54, 1.807) is 18.2 Å². The Bertz CT molecular complexity index is 553. The number of rotatable bonds is 3. The van der Waals surface area contributed by atoms with Gasteiger partial charge in [-0.1, -0.05) is 0 Å².